The summed E-state index contributed by atoms with van der Waals surface area (Å²) in [5.74, 6) is 1.56. The van der Waals surface area contributed by atoms with E-state index >= 15 is 0 Å². The van der Waals surface area contributed by atoms with Crippen molar-refractivity contribution in [1.82, 2.24) is 0 Å². The number of hydrogen-bond donors (Lipinski definition) is 1. The Kier molecular flexibility index (Phi) is 7.27. The lowest BCUT2D eigenvalue weighted by Gasteiger charge is -2.40. The number of hydrogen-bond acceptors (Lipinski definition) is 4. The minimum Gasteiger partial charge on any atom is -0.497 e. The fourth-order valence-corrected chi connectivity index (χ4v) is 6.60. The highest BCUT2D eigenvalue weighted by atomic mass is 16.5. The number of benzene rings is 4. The van der Waals surface area contributed by atoms with Gasteiger partial charge in [-0.1, -0.05) is 77.9 Å². The van der Waals surface area contributed by atoms with Gasteiger partial charge in [-0.15, -0.1) is 0 Å². The molecule has 1 aliphatic carbocycles. The summed E-state index contributed by atoms with van der Waals surface area (Å²) in [6, 6.07) is 28.8. The van der Waals surface area contributed by atoms with Crippen LogP contribution in [0.4, 0.5) is 0 Å². The van der Waals surface area contributed by atoms with E-state index in [1.165, 1.54) is 11.1 Å². The van der Waals surface area contributed by atoms with Gasteiger partial charge in [-0.2, -0.15) is 0 Å². The number of rotatable bonds is 6. The molecule has 4 nitrogen and oxygen atoms in total. The van der Waals surface area contributed by atoms with Crippen LogP contribution in [0.5, 0.6) is 11.5 Å². The van der Waals surface area contributed by atoms with Gasteiger partial charge in [0, 0.05) is 22.3 Å². The van der Waals surface area contributed by atoms with Crippen LogP contribution in [0, 0.1) is 20.8 Å². The summed E-state index contributed by atoms with van der Waals surface area (Å²) in [4.78, 5) is 0. The smallest absolute Gasteiger partial charge is 0.177 e. The molecule has 0 saturated heterocycles. The van der Waals surface area contributed by atoms with Gasteiger partial charge in [0.15, 0.2) is 5.60 Å². The Labute approximate surface area is 254 Å². The Morgan fingerprint density at radius 1 is 0.744 bits per heavy atom. The monoisotopic (exact) mass is 570 g/mol. The number of methoxy groups -OCH3 is 2. The Morgan fingerprint density at radius 3 is 1.86 bits per heavy atom. The summed E-state index contributed by atoms with van der Waals surface area (Å²) in [5.41, 5.74) is 9.39. The lowest BCUT2D eigenvalue weighted by molar-refractivity contribution is 0.0873. The zero-order valence-electron chi connectivity index (χ0n) is 25.7. The first-order valence-electron chi connectivity index (χ1n) is 14.7. The molecule has 1 aliphatic heterocycles. The average molecular weight is 571 g/mol. The molecule has 4 aromatic rings. The molecule has 4 heteroatoms. The van der Waals surface area contributed by atoms with Crippen molar-refractivity contribution in [3.8, 4) is 11.5 Å². The summed E-state index contributed by atoms with van der Waals surface area (Å²) in [7, 11) is 3.33. The molecule has 6 rings (SSSR count). The van der Waals surface area contributed by atoms with Crippen LogP contribution in [0.2, 0.25) is 0 Å². The summed E-state index contributed by atoms with van der Waals surface area (Å²) in [6.45, 7) is 8.23. The van der Waals surface area contributed by atoms with Crippen LogP contribution in [0.3, 0.4) is 0 Å². The molecule has 2 aliphatic rings. The van der Waals surface area contributed by atoms with E-state index in [1.807, 2.05) is 61.7 Å². The summed E-state index contributed by atoms with van der Waals surface area (Å²) >= 11 is 0. The van der Waals surface area contributed by atoms with Crippen LogP contribution >= 0.6 is 0 Å². The lowest BCUT2D eigenvalue weighted by Crippen LogP contribution is -2.34. The highest BCUT2D eigenvalue weighted by Gasteiger charge is 2.42. The standard InChI is InChI=1S/C39H38O4/c1-25-8-18-34(27(3)21-25)35-23-28-9-7-26(2)22-36(28)38(4,40)37(35)29-19-20-39(43-24-29,30-10-14-32(41-5)15-11-30)31-12-16-33(42-6)17-13-31/h7-22,24,40H,23H2,1-6H3. The molecule has 1 atom stereocenters. The molecular formula is C39H38O4. The van der Waals surface area contributed by atoms with Crippen LogP contribution in [0.15, 0.2) is 114 Å². The van der Waals surface area contributed by atoms with Crippen LogP contribution in [-0.4, -0.2) is 19.3 Å². The van der Waals surface area contributed by atoms with Crippen molar-refractivity contribution in [2.45, 2.75) is 45.3 Å². The molecular weight excluding hydrogens is 532 g/mol. The SMILES string of the molecule is COc1ccc(C2(c3ccc(OC)cc3)C=CC(C3=C(c4ccc(C)cc4C)Cc4ccc(C)cc4C3(C)O)=CO2)cc1. The zero-order valence-corrected chi connectivity index (χ0v) is 25.7. The quantitative estimate of drug-likeness (QED) is 0.254. The Hall–Kier alpha value is -4.54. The van der Waals surface area contributed by atoms with E-state index in [4.69, 9.17) is 14.2 Å². The van der Waals surface area contributed by atoms with Crippen LogP contribution in [0.25, 0.3) is 5.57 Å². The normalized spacial score (nSPS) is 18.9. The molecule has 0 saturated carbocycles. The maximum atomic E-state index is 12.4. The molecule has 1 unspecified atom stereocenters. The van der Waals surface area contributed by atoms with Crippen molar-refractivity contribution in [1.29, 1.82) is 0 Å². The second kappa shape index (κ2) is 10.9. The molecule has 0 spiro atoms. The Morgan fingerprint density at radius 2 is 1.33 bits per heavy atom. The van der Waals surface area contributed by atoms with E-state index in [9.17, 15) is 5.11 Å². The number of fused-ring (bicyclic) bond motifs is 1. The number of ether oxygens (including phenoxy) is 3. The lowest BCUT2D eigenvalue weighted by atomic mass is 9.70. The number of aliphatic hydroxyl groups is 1. The Bertz CT molecular complexity index is 1720. The van der Waals surface area contributed by atoms with E-state index < -0.39 is 11.2 Å². The first kappa shape index (κ1) is 28.6. The molecule has 0 fully saturated rings. The van der Waals surface area contributed by atoms with E-state index in [2.05, 4.69) is 69.3 Å². The highest BCUT2D eigenvalue weighted by molar-refractivity contribution is 5.82. The molecule has 218 valence electrons. The third-order valence-corrected chi connectivity index (χ3v) is 8.85. The largest absolute Gasteiger partial charge is 0.497 e. The predicted octanol–water partition coefficient (Wildman–Crippen LogP) is 8.26. The van der Waals surface area contributed by atoms with Gasteiger partial charge in [-0.3, -0.25) is 0 Å². The third-order valence-electron chi connectivity index (χ3n) is 8.85. The van der Waals surface area contributed by atoms with Crippen molar-refractivity contribution < 1.29 is 19.3 Å². The molecule has 4 aromatic carbocycles. The molecule has 1 heterocycles. The number of allylic oxidation sites excluding steroid dienone is 2. The first-order valence-corrected chi connectivity index (χ1v) is 14.7. The third kappa shape index (κ3) is 4.96. The summed E-state index contributed by atoms with van der Waals surface area (Å²) in [6.07, 6.45) is 6.74. The van der Waals surface area contributed by atoms with Gasteiger partial charge in [-0.25, -0.2) is 0 Å². The fourth-order valence-electron chi connectivity index (χ4n) is 6.60. The number of aryl methyl sites for hydroxylation is 3. The maximum absolute atomic E-state index is 12.4. The van der Waals surface area contributed by atoms with E-state index in [1.54, 1.807) is 14.2 Å². The first-order chi connectivity index (χ1) is 20.7. The Balaban J connectivity index is 1.52. The van der Waals surface area contributed by atoms with E-state index in [0.717, 1.165) is 68.0 Å². The fraction of sp³-hybridized carbons (Fsp3) is 0.231. The molecule has 1 N–H and O–H groups in total. The second-order valence-corrected chi connectivity index (χ2v) is 11.8. The highest BCUT2D eigenvalue weighted by Crippen LogP contribution is 2.49. The van der Waals surface area contributed by atoms with Gasteiger partial charge in [0.2, 0.25) is 0 Å². The van der Waals surface area contributed by atoms with Gasteiger partial charge in [0.25, 0.3) is 0 Å². The minimum absolute atomic E-state index is 0.721. The van der Waals surface area contributed by atoms with Crippen LogP contribution < -0.4 is 9.47 Å². The van der Waals surface area contributed by atoms with Gasteiger partial charge in [0.1, 0.15) is 17.1 Å². The zero-order chi connectivity index (χ0) is 30.4. The van der Waals surface area contributed by atoms with Crippen LogP contribution in [-0.2, 0) is 22.4 Å². The molecule has 0 radical (unpaired) electrons. The topological polar surface area (TPSA) is 47.9 Å². The predicted molar refractivity (Wildman–Crippen MR) is 172 cm³/mol. The summed E-state index contributed by atoms with van der Waals surface area (Å²) in [5, 5.41) is 12.4. The molecule has 0 bridgehead atoms. The van der Waals surface area contributed by atoms with Gasteiger partial charge >= 0.3 is 0 Å². The minimum atomic E-state index is -1.23. The summed E-state index contributed by atoms with van der Waals surface area (Å²) < 4.78 is 17.7. The van der Waals surface area contributed by atoms with Crippen molar-refractivity contribution in [2.75, 3.05) is 14.2 Å². The van der Waals surface area contributed by atoms with Gasteiger partial charge in [-0.05, 0) is 92.3 Å². The molecule has 0 amide bonds. The molecule has 43 heavy (non-hydrogen) atoms. The van der Waals surface area contributed by atoms with E-state index in [0.29, 0.717) is 0 Å². The van der Waals surface area contributed by atoms with Crippen molar-refractivity contribution in [3.05, 3.63) is 159 Å². The molecule has 0 aromatic heterocycles. The van der Waals surface area contributed by atoms with Gasteiger partial charge in [0.05, 0.1) is 20.5 Å². The van der Waals surface area contributed by atoms with E-state index in [-0.39, 0.29) is 0 Å². The van der Waals surface area contributed by atoms with Crippen LogP contribution in [0.1, 0.15) is 51.4 Å². The maximum Gasteiger partial charge on any atom is 0.177 e. The van der Waals surface area contributed by atoms with Crippen molar-refractivity contribution >= 4 is 5.57 Å². The average Bonchev–Trinajstić information content (AvgIpc) is 3.01. The van der Waals surface area contributed by atoms with Crippen molar-refractivity contribution in [2.24, 2.45) is 0 Å². The second-order valence-electron chi connectivity index (χ2n) is 11.8. The van der Waals surface area contributed by atoms with Gasteiger partial charge < -0.3 is 19.3 Å². The van der Waals surface area contributed by atoms with Crippen molar-refractivity contribution in [3.63, 3.8) is 0 Å².